The smallest absolute Gasteiger partial charge is 0.404 e. The molecule has 0 atom stereocenters. The average molecular weight is 394 g/mol. The maximum atomic E-state index is 12.1. The fourth-order valence-corrected chi connectivity index (χ4v) is 2.22. The number of ether oxygens (including phenoxy) is 1. The van der Waals surface area contributed by atoms with Crippen molar-refractivity contribution in [3.63, 3.8) is 0 Å². The lowest BCUT2D eigenvalue weighted by Crippen LogP contribution is -2.20. The lowest BCUT2D eigenvalue weighted by molar-refractivity contribution is 0.102. The van der Waals surface area contributed by atoms with Gasteiger partial charge in [-0.1, -0.05) is 24.3 Å². The Balaban J connectivity index is 0.000000313. The van der Waals surface area contributed by atoms with E-state index in [1.54, 1.807) is 68.0 Å². The van der Waals surface area contributed by atoms with Crippen molar-refractivity contribution in [2.75, 3.05) is 18.2 Å². The summed E-state index contributed by atoms with van der Waals surface area (Å²) in [5, 5.41) is 13.5. The first-order valence-electron chi connectivity index (χ1n) is 8.65. The second-order valence-corrected chi connectivity index (χ2v) is 5.79. The molecule has 0 fully saturated rings. The van der Waals surface area contributed by atoms with E-state index in [0.29, 0.717) is 16.9 Å². The van der Waals surface area contributed by atoms with Crippen molar-refractivity contribution in [3.8, 4) is 5.75 Å². The summed E-state index contributed by atoms with van der Waals surface area (Å²) >= 11 is 0. The van der Waals surface area contributed by atoms with Gasteiger partial charge in [0.1, 0.15) is 5.75 Å². The summed E-state index contributed by atoms with van der Waals surface area (Å²) in [6, 6.07) is 17.3. The fraction of sp³-hybridized carbons (Fsp3) is 0.0952. The van der Waals surface area contributed by atoms with Gasteiger partial charge in [0.2, 0.25) is 0 Å². The molecule has 0 unspecified atom stereocenters. The number of carbonyl (C=O) groups excluding carboxylic acids is 1. The van der Waals surface area contributed by atoms with Crippen molar-refractivity contribution in [2.45, 2.75) is 6.54 Å². The molecule has 0 radical (unpaired) electrons. The number of carbonyl (C=O) groups is 2. The van der Waals surface area contributed by atoms with Crippen LogP contribution in [0.1, 0.15) is 15.9 Å². The Morgan fingerprint density at radius 1 is 1.07 bits per heavy atom. The van der Waals surface area contributed by atoms with Gasteiger partial charge in [-0.05, 0) is 42.0 Å². The maximum absolute atomic E-state index is 12.1. The molecule has 0 aliphatic heterocycles. The normalized spacial score (nSPS) is 9.55. The summed E-state index contributed by atoms with van der Waals surface area (Å²) in [4.78, 5) is 26.3. The molecule has 2 aromatic carbocycles. The zero-order valence-electron chi connectivity index (χ0n) is 15.8. The van der Waals surface area contributed by atoms with E-state index in [2.05, 4.69) is 15.6 Å². The molecule has 8 heteroatoms. The van der Waals surface area contributed by atoms with Gasteiger partial charge in [-0.2, -0.15) is 0 Å². The fourth-order valence-electron chi connectivity index (χ4n) is 2.22. The Kier molecular flexibility index (Phi) is 8.00. The first-order chi connectivity index (χ1) is 14.0. The number of hydrogen-bond donors (Lipinski definition) is 4. The van der Waals surface area contributed by atoms with Crippen LogP contribution in [0.15, 0.2) is 73.1 Å². The van der Waals surface area contributed by atoms with E-state index in [4.69, 9.17) is 15.6 Å². The number of carboxylic acid groups (broad SMARTS) is 1. The maximum Gasteiger partial charge on any atom is 0.404 e. The van der Waals surface area contributed by atoms with Crippen LogP contribution in [0.4, 0.5) is 16.2 Å². The highest BCUT2D eigenvalue weighted by Crippen LogP contribution is 2.18. The molecule has 0 saturated carbocycles. The minimum absolute atomic E-state index is 0.197. The number of pyridine rings is 1. The molecule has 150 valence electrons. The molecule has 0 bridgehead atoms. The molecule has 3 rings (SSSR count). The summed E-state index contributed by atoms with van der Waals surface area (Å²) in [5.74, 6) is 0.526. The van der Waals surface area contributed by atoms with E-state index in [1.165, 1.54) is 0 Å². The number of hydrogen-bond acceptors (Lipinski definition) is 5. The number of anilines is 2. The zero-order chi connectivity index (χ0) is 21.1. The van der Waals surface area contributed by atoms with Crippen LogP contribution >= 0.6 is 0 Å². The number of benzene rings is 2. The minimum Gasteiger partial charge on any atom is -0.495 e. The topological polar surface area (TPSA) is 127 Å². The number of nitrogens with two attached hydrogens (primary N) is 1. The molecule has 0 spiro atoms. The number of nitrogen functional groups attached to an aromatic ring is 1. The predicted molar refractivity (Wildman–Crippen MR) is 111 cm³/mol. The Morgan fingerprint density at radius 2 is 1.79 bits per heavy atom. The lowest BCUT2D eigenvalue weighted by Gasteiger charge is -2.08. The molecule has 5 N–H and O–H groups in total. The van der Waals surface area contributed by atoms with Crippen molar-refractivity contribution in [2.24, 2.45) is 0 Å². The Morgan fingerprint density at radius 3 is 2.34 bits per heavy atom. The number of nitrogens with zero attached hydrogens (tertiary/aromatic N) is 1. The van der Waals surface area contributed by atoms with Crippen LogP contribution in [0.2, 0.25) is 0 Å². The highest BCUT2D eigenvalue weighted by atomic mass is 16.5. The monoisotopic (exact) mass is 394 g/mol. The van der Waals surface area contributed by atoms with E-state index >= 15 is 0 Å². The third-order valence-corrected chi connectivity index (χ3v) is 3.74. The average Bonchev–Trinajstić information content (AvgIpc) is 2.75. The number of amides is 2. The second kappa shape index (κ2) is 10.9. The Bertz CT molecular complexity index is 931. The zero-order valence-corrected chi connectivity index (χ0v) is 15.8. The SMILES string of the molecule is COc1cccnc1.Nc1ccccc1NC(=O)c1ccc(CNC(=O)O)cc1. The van der Waals surface area contributed by atoms with Gasteiger partial charge in [-0.15, -0.1) is 0 Å². The minimum atomic E-state index is -1.09. The van der Waals surface area contributed by atoms with Crippen molar-refractivity contribution in [1.82, 2.24) is 10.3 Å². The summed E-state index contributed by atoms with van der Waals surface area (Å²) in [5.41, 5.74) is 8.05. The molecular weight excluding hydrogens is 372 g/mol. The molecule has 0 aliphatic carbocycles. The second-order valence-electron chi connectivity index (χ2n) is 5.79. The summed E-state index contributed by atoms with van der Waals surface area (Å²) in [6.07, 6.45) is 2.29. The molecule has 8 nitrogen and oxygen atoms in total. The molecule has 1 aromatic heterocycles. The van der Waals surface area contributed by atoms with Gasteiger partial charge in [0, 0.05) is 18.3 Å². The van der Waals surface area contributed by atoms with Crippen molar-refractivity contribution >= 4 is 23.4 Å². The van der Waals surface area contributed by atoms with Crippen LogP contribution in [0, 0.1) is 0 Å². The summed E-state index contributed by atoms with van der Waals surface area (Å²) in [7, 11) is 1.62. The molecule has 1 heterocycles. The van der Waals surface area contributed by atoms with Crippen molar-refractivity contribution in [1.29, 1.82) is 0 Å². The number of rotatable bonds is 5. The van der Waals surface area contributed by atoms with E-state index in [-0.39, 0.29) is 12.5 Å². The highest BCUT2D eigenvalue weighted by molar-refractivity contribution is 6.05. The highest BCUT2D eigenvalue weighted by Gasteiger charge is 2.07. The van der Waals surface area contributed by atoms with Crippen LogP contribution in [0.25, 0.3) is 0 Å². The van der Waals surface area contributed by atoms with Gasteiger partial charge in [-0.25, -0.2) is 4.79 Å². The molecular formula is C21H22N4O4. The van der Waals surface area contributed by atoms with Gasteiger partial charge >= 0.3 is 6.09 Å². The van der Waals surface area contributed by atoms with E-state index in [0.717, 1.165) is 11.3 Å². The van der Waals surface area contributed by atoms with Crippen LogP contribution in [-0.2, 0) is 6.54 Å². The standard InChI is InChI=1S/C15H15N3O3.C6H7NO/c16-12-3-1-2-4-13(12)18-14(19)11-7-5-10(6-8-11)9-17-15(20)21;1-8-6-3-2-4-7-5-6/h1-8,17H,9,16H2,(H,18,19)(H,20,21);2-5H,1H3. The first kappa shape index (κ1) is 21.2. The van der Waals surface area contributed by atoms with Crippen LogP contribution in [-0.4, -0.2) is 29.2 Å². The Labute approximate surface area is 168 Å². The van der Waals surface area contributed by atoms with Crippen LogP contribution in [0.3, 0.4) is 0 Å². The van der Waals surface area contributed by atoms with E-state index < -0.39 is 6.09 Å². The van der Waals surface area contributed by atoms with Gasteiger partial charge < -0.3 is 26.2 Å². The third-order valence-electron chi connectivity index (χ3n) is 3.74. The molecule has 29 heavy (non-hydrogen) atoms. The van der Waals surface area contributed by atoms with Crippen LogP contribution in [0.5, 0.6) is 5.75 Å². The van der Waals surface area contributed by atoms with E-state index in [9.17, 15) is 9.59 Å². The summed E-state index contributed by atoms with van der Waals surface area (Å²) in [6.45, 7) is 0.197. The van der Waals surface area contributed by atoms with Crippen molar-refractivity contribution in [3.05, 3.63) is 84.2 Å². The summed E-state index contributed by atoms with van der Waals surface area (Å²) < 4.78 is 4.85. The van der Waals surface area contributed by atoms with Gasteiger partial charge in [0.25, 0.3) is 5.91 Å². The van der Waals surface area contributed by atoms with Crippen LogP contribution < -0.4 is 21.1 Å². The molecule has 3 aromatic rings. The largest absolute Gasteiger partial charge is 0.495 e. The van der Waals surface area contributed by atoms with Crippen molar-refractivity contribution < 1.29 is 19.4 Å². The van der Waals surface area contributed by atoms with Gasteiger partial charge in [-0.3, -0.25) is 9.78 Å². The molecule has 0 aliphatic rings. The number of nitrogens with one attached hydrogen (secondary N) is 2. The van der Waals surface area contributed by atoms with Gasteiger partial charge in [0.05, 0.1) is 24.7 Å². The van der Waals surface area contributed by atoms with E-state index in [1.807, 2.05) is 12.1 Å². The number of methoxy groups -OCH3 is 1. The molecule has 2 amide bonds. The first-order valence-corrected chi connectivity index (χ1v) is 8.65. The Hall–Kier alpha value is -4.07. The predicted octanol–water partition coefficient (Wildman–Crippen LogP) is 3.38. The number of para-hydroxylation sites is 2. The quantitative estimate of drug-likeness (QED) is 0.492. The number of aromatic nitrogens is 1. The van der Waals surface area contributed by atoms with Gasteiger partial charge in [0.15, 0.2) is 0 Å². The molecule has 0 saturated heterocycles. The third kappa shape index (κ3) is 7.22. The lowest BCUT2D eigenvalue weighted by atomic mass is 10.1.